The summed E-state index contributed by atoms with van der Waals surface area (Å²) in [6.45, 7) is 10.1. The maximum atomic E-state index is 13.7. The standard InChI is InChI=1S/C35H45NO10/c1-15-9-8-10-16(2)35(46)36-24-13-25(38)26-23(34(24)45)12-18(4)30(41)27(26)29(40)17(3)11-22(14-37)33(44)21(7)32(43)20(6)31(42)19(5)28(15)39/h8-13,15,19-22,28,31-33,37,39,41-44H,14H2,1-7H3,(H,36,46)/b9-8+,16-10-,17-11-. The molecule has 1 aliphatic carbocycles. The summed E-state index contributed by atoms with van der Waals surface area (Å²) in [5.41, 5.74) is -1.02. The van der Waals surface area contributed by atoms with Gasteiger partial charge in [-0.05, 0) is 38.0 Å². The van der Waals surface area contributed by atoms with Crippen LogP contribution in [0.3, 0.4) is 0 Å². The second-order valence-electron chi connectivity index (χ2n) is 12.7. The number of benzene rings is 1. The van der Waals surface area contributed by atoms with E-state index in [1.165, 1.54) is 45.9 Å². The molecular formula is C35H45NO10. The maximum absolute atomic E-state index is 13.7. The minimum Gasteiger partial charge on any atom is -0.507 e. The molecule has 11 nitrogen and oxygen atoms in total. The molecule has 250 valence electrons. The highest BCUT2D eigenvalue weighted by atomic mass is 16.3. The van der Waals surface area contributed by atoms with Crippen LogP contribution in [0.4, 0.5) is 0 Å². The van der Waals surface area contributed by atoms with Gasteiger partial charge in [0.15, 0.2) is 11.6 Å². The number of phenolic OH excluding ortho intramolecular Hbond substituents is 1. The molecule has 4 rings (SSSR count). The van der Waals surface area contributed by atoms with E-state index in [1.807, 2.05) is 0 Å². The van der Waals surface area contributed by atoms with Crippen molar-refractivity contribution in [3.05, 3.63) is 75.5 Å². The summed E-state index contributed by atoms with van der Waals surface area (Å²) in [6, 6.07) is 1.26. The number of aryl methyl sites for hydroxylation is 1. The Bertz CT molecular complexity index is 1520. The maximum Gasteiger partial charge on any atom is 0.251 e. The van der Waals surface area contributed by atoms with Crippen LogP contribution in [0.15, 0.2) is 53.3 Å². The molecule has 3 aliphatic rings. The summed E-state index contributed by atoms with van der Waals surface area (Å²) in [5, 5.41) is 67.8. The monoisotopic (exact) mass is 639 g/mol. The highest BCUT2D eigenvalue weighted by Gasteiger charge is 2.39. The number of aliphatic hydroxyl groups excluding tert-OH is 5. The molecule has 0 saturated heterocycles. The number of nitrogens with one attached hydrogen (secondary N) is 1. The smallest absolute Gasteiger partial charge is 0.251 e. The Hall–Kier alpha value is -3.74. The van der Waals surface area contributed by atoms with Gasteiger partial charge in [0, 0.05) is 52.4 Å². The summed E-state index contributed by atoms with van der Waals surface area (Å²) < 4.78 is 0. The summed E-state index contributed by atoms with van der Waals surface area (Å²) in [6.07, 6.45) is 1.87. The van der Waals surface area contributed by atoms with E-state index in [1.54, 1.807) is 32.9 Å². The van der Waals surface area contributed by atoms with Gasteiger partial charge in [-0.3, -0.25) is 19.2 Å². The van der Waals surface area contributed by atoms with Crippen molar-refractivity contribution in [1.29, 1.82) is 0 Å². The van der Waals surface area contributed by atoms with Gasteiger partial charge in [0.2, 0.25) is 5.78 Å². The molecule has 1 aromatic rings. The van der Waals surface area contributed by atoms with Crippen LogP contribution in [0.25, 0.3) is 0 Å². The van der Waals surface area contributed by atoms with Gasteiger partial charge in [0.05, 0.1) is 42.3 Å². The molecule has 4 bridgehead atoms. The van der Waals surface area contributed by atoms with E-state index in [4.69, 9.17) is 0 Å². The molecule has 0 saturated carbocycles. The number of phenols is 1. The van der Waals surface area contributed by atoms with Crippen molar-refractivity contribution in [2.45, 2.75) is 72.9 Å². The lowest BCUT2D eigenvalue weighted by Gasteiger charge is -2.37. The van der Waals surface area contributed by atoms with Crippen LogP contribution in [0.2, 0.25) is 0 Å². The molecule has 2 aliphatic heterocycles. The van der Waals surface area contributed by atoms with Crippen LogP contribution < -0.4 is 5.32 Å². The fraction of sp³-hybridized carbons (Fsp3) is 0.486. The first-order chi connectivity index (χ1) is 21.4. The average Bonchev–Trinajstić information content (AvgIpc) is 3.03. The van der Waals surface area contributed by atoms with Crippen LogP contribution in [0, 0.1) is 36.5 Å². The van der Waals surface area contributed by atoms with Crippen molar-refractivity contribution < 1.29 is 49.8 Å². The van der Waals surface area contributed by atoms with E-state index in [2.05, 4.69) is 5.32 Å². The third kappa shape index (κ3) is 7.29. The number of fused-ring (bicyclic) bond motifs is 15. The summed E-state index contributed by atoms with van der Waals surface area (Å²) in [7, 11) is 0. The minimum absolute atomic E-state index is 0.0586. The van der Waals surface area contributed by atoms with Gasteiger partial charge in [-0.15, -0.1) is 0 Å². The third-order valence-electron chi connectivity index (χ3n) is 9.34. The summed E-state index contributed by atoms with van der Waals surface area (Å²) >= 11 is 0. The number of rotatable bonds is 1. The van der Waals surface area contributed by atoms with Crippen molar-refractivity contribution in [2.24, 2.45) is 29.6 Å². The predicted molar refractivity (Wildman–Crippen MR) is 170 cm³/mol. The first-order valence-electron chi connectivity index (χ1n) is 15.3. The predicted octanol–water partition coefficient (Wildman–Crippen LogP) is 2.32. The molecular weight excluding hydrogens is 594 g/mol. The van der Waals surface area contributed by atoms with Crippen molar-refractivity contribution in [3.8, 4) is 5.75 Å². The fourth-order valence-electron chi connectivity index (χ4n) is 6.04. The van der Waals surface area contributed by atoms with Crippen molar-refractivity contribution in [1.82, 2.24) is 5.32 Å². The van der Waals surface area contributed by atoms with Crippen LogP contribution in [-0.2, 0) is 4.79 Å². The zero-order chi connectivity index (χ0) is 34.8. The zero-order valence-corrected chi connectivity index (χ0v) is 27.2. The number of ketones is 3. The average molecular weight is 640 g/mol. The van der Waals surface area contributed by atoms with Crippen molar-refractivity contribution in [3.63, 3.8) is 0 Å². The quantitative estimate of drug-likeness (QED) is 0.239. The van der Waals surface area contributed by atoms with Crippen molar-refractivity contribution >= 4 is 23.3 Å². The number of Topliss-reactive ketones (excluding diaryl/α,β-unsaturated/α-hetero) is 2. The number of aromatic hydroxyl groups is 1. The van der Waals surface area contributed by atoms with Gasteiger partial charge in [-0.25, -0.2) is 0 Å². The number of allylic oxidation sites excluding steroid dienone is 5. The molecule has 0 spiro atoms. The Morgan fingerprint density at radius 3 is 1.91 bits per heavy atom. The molecule has 0 fully saturated rings. The minimum atomic E-state index is -1.39. The van der Waals surface area contributed by atoms with Gasteiger partial charge in [0.25, 0.3) is 5.91 Å². The highest BCUT2D eigenvalue weighted by molar-refractivity contribution is 6.30. The van der Waals surface area contributed by atoms with Gasteiger partial charge in [-0.2, -0.15) is 0 Å². The second kappa shape index (κ2) is 14.8. The van der Waals surface area contributed by atoms with Crippen LogP contribution in [-0.4, -0.2) is 84.9 Å². The highest BCUT2D eigenvalue weighted by Crippen LogP contribution is 2.35. The molecule has 9 atom stereocenters. The number of aliphatic hydroxyl groups is 5. The number of hydrogen-bond acceptors (Lipinski definition) is 10. The number of carbonyl (C=O) groups excluding carboxylic acids is 4. The number of amides is 1. The Morgan fingerprint density at radius 2 is 1.33 bits per heavy atom. The van der Waals surface area contributed by atoms with Gasteiger partial charge in [0.1, 0.15) is 5.75 Å². The molecule has 1 aromatic carbocycles. The van der Waals surface area contributed by atoms with Gasteiger partial charge >= 0.3 is 0 Å². The van der Waals surface area contributed by atoms with Crippen LogP contribution >= 0.6 is 0 Å². The number of hydrogen-bond donors (Lipinski definition) is 7. The second-order valence-corrected chi connectivity index (χ2v) is 12.7. The SMILES string of the molecule is C/C1=C/C=C/C(C)C(O)C(C)C(O)C(C)C(O)C(C)C(O)C(CO)/C=C(/C)C(=O)c2c(O)c(C)cc3c2C(=O)C=C(NC1=O)C3=O. The lowest BCUT2D eigenvalue weighted by Crippen LogP contribution is -2.46. The van der Waals surface area contributed by atoms with Crippen LogP contribution in [0.5, 0.6) is 5.75 Å². The molecule has 1 amide bonds. The van der Waals surface area contributed by atoms with Gasteiger partial charge < -0.3 is 36.0 Å². The first-order valence-corrected chi connectivity index (χ1v) is 15.3. The Kier molecular flexibility index (Phi) is 11.8. The fourth-order valence-corrected chi connectivity index (χ4v) is 6.04. The Labute approximate surface area is 268 Å². The van der Waals surface area contributed by atoms with E-state index in [9.17, 15) is 49.8 Å². The Balaban J connectivity index is 2.19. The normalized spacial score (nSPS) is 35.0. The molecule has 0 aromatic heterocycles. The van der Waals surface area contributed by atoms with E-state index < -0.39 is 95.2 Å². The third-order valence-corrected chi connectivity index (χ3v) is 9.34. The Morgan fingerprint density at radius 1 is 0.761 bits per heavy atom. The lowest BCUT2D eigenvalue weighted by molar-refractivity contribution is -0.116. The zero-order valence-electron chi connectivity index (χ0n) is 27.2. The first kappa shape index (κ1) is 36.7. The molecule has 0 radical (unpaired) electrons. The number of carbonyl (C=O) groups is 4. The molecule has 9 unspecified atom stereocenters. The topological polar surface area (TPSA) is 202 Å². The van der Waals surface area contributed by atoms with Crippen LogP contribution in [0.1, 0.15) is 78.2 Å². The van der Waals surface area contributed by atoms with E-state index in [0.717, 1.165) is 6.08 Å². The largest absolute Gasteiger partial charge is 0.507 e. The molecule has 46 heavy (non-hydrogen) atoms. The molecule has 2 heterocycles. The molecule has 11 heteroatoms. The summed E-state index contributed by atoms with van der Waals surface area (Å²) in [5.74, 6) is -7.57. The van der Waals surface area contributed by atoms with E-state index in [0.29, 0.717) is 0 Å². The lowest BCUT2D eigenvalue weighted by atomic mass is 9.76. The molecule has 7 N–H and O–H groups in total. The summed E-state index contributed by atoms with van der Waals surface area (Å²) in [4.78, 5) is 53.5. The van der Waals surface area contributed by atoms with E-state index in [-0.39, 0.29) is 33.5 Å². The van der Waals surface area contributed by atoms with E-state index >= 15 is 0 Å². The van der Waals surface area contributed by atoms with Gasteiger partial charge in [-0.1, -0.05) is 52.0 Å². The van der Waals surface area contributed by atoms with Crippen molar-refractivity contribution in [2.75, 3.05) is 6.61 Å².